The third-order valence-corrected chi connectivity index (χ3v) is 7.58. The summed E-state index contributed by atoms with van der Waals surface area (Å²) in [4.78, 5) is 16.7. The van der Waals surface area contributed by atoms with E-state index in [1.165, 1.54) is 7.11 Å². The second-order valence-corrected chi connectivity index (χ2v) is 9.90. The first-order chi connectivity index (χ1) is 16.0. The number of aromatic nitrogens is 4. The zero-order chi connectivity index (χ0) is 22.7. The Bertz CT molecular complexity index is 1210. The van der Waals surface area contributed by atoms with Gasteiger partial charge in [0.05, 0.1) is 72.6 Å². The molecule has 3 aromatic rings. The number of halogens is 1. The quantitative estimate of drug-likeness (QED) is 0.530. The van der Waals surface area contributed by atoms with E-state index in [1.54, 1.807) is 6.20 Å². The highest BCUT2D eigenvalue weighted by atomic mass is 35.5. The highest BCUT2D eigenvalue weighted by Gasteiger charge is 2.46. The number of fused-ring (bicyclic) bond motifs is 1. The maximum atomic E-state index is 11.8. The standard InChI is InChI=1S/C23H27ClN6O3/c1-23(13-33-14-23)28-5-3-27(4-6-28)21-9-19-15(7-18(21)24)10-26-30(19)16-11-25-29(12-16)20-8-17(20)22(31)32-2/h7,9-12,17,20H,3-6,8,13-14H2,1-2H3. The third kappa shape index (κ3) is 3.50. The molecule has 3 fully saturated rings. The van der Waals surface area contributed by atoms with Crippen molar-refractivity contribution in [1.82, 2.24) is 24.5 Å². The lowest BCUT2D eigenvalue weighted by Crippen LogP contribution is -2.64. The van der Waals surface area contributed by atoms with Crippen molar-refractivity contribution in [1.29, 1.82) is 0 Å². The fourth-order valence-corrected chi connectivity index (χ4v) is 5.34. The summed E-state index contributed by atoms with van der Waals surface area (Å²) in [7, 11) is 1.42. The zero-order valence-corrected chi connectivity index (χ0v) is 19.5. The van der Waals surface area contributed by atoms with Crippen LogP contribution in [0.4, 0.5) is 5.69 Å². The maximum absolute atomic E-state index is 11.8. The molecule has 4 heterocycles. The number of hydrogen-bond donors (Lipinski definition) is 0. The summed E-state index contributed by atoms with van der Waals surface area (Å²) in [6, 6.07) is 4.17. The highest BCUT2D eigenvalue weighted by Crippen LogP contribution is 2.44. The second kappa shape index (κ2) is 7.72. The highest BCUT2D eigenvalue weighted by molar-refractivity contribution is 6.34. The lowest BCUT2D eigenvalue weighted by atomic mass is 9.97. The van der Waals surface area contributed by atoms with Crippen LogP contribution in [0, 0.1) is 5.92 Å². The predicted octanol–water partition coefficient (Wildman–Crippen LogP) is 2.52. The van der Waals surface area contributed by atoms with Crippen LogP contribution in [0.15, 0.2) is 30.7 Å². The minimum atomic E-state index is -0.181. The first-order valence-corrected chi connectivity index (χ1v) is 11.7. The van der Waals surface area contributed by atoms with Gasteiger partial charge in [-0.05, 0) is 25.5 Å². The number of rotatable bonds is 5. The zero-order valence-electron chi connectivity index (χ0n) is 18.8. The van der Waals surface area contributed by atoms with Crippen molar-refractivity contribution in [2.45, 2.75) is 24.9 Å². The molecule has 2 saturated heterocycles. The van der Waals surface area contributed by atoms with Crippen LogP contribution in [0.25, 0.3) is 16.6 Å². The van der Waals surface area contributed by atoms with Crippen molar-refractivity contribution >= 4 is 34.2 Å². The molecule has 174 valence electrons. The first kappa shape index (κ1) is 20.9. The van der Waals surface area contributed by atoms with Gasteiger partial charge >= 0.3 is 5.97 Å². The van der Waals surface area contributed by atoms with E-state index in [0.717, 1.165) is 73.1 Å². The molecule has 9 nitrogen and oxygen atoms in total. The normalized spacial score (nSPS) is 24.6. The van der Waals surface area contributed by atoms with Gasteiger partial charge in [0.25, 0.3) is 0 Å². The summed E-state index contributed by atoms with van der Waals surface area (Å²) in [6.45, 7) is 7.72. The molecule has 6 rings (SSSR count). The van der Waals surface area contributed by atoms with Gasteiger partial charge in [-0.2, -0.15) is 10.2 Å². The molecule has 33 heavy (non-hydrogen) atoms. The summed E-state index contributed by atoms with van der Waals surface area (Å²) in [5.74, 6) is -0.297. The molecule has 0 amide bonds. The van der Waals surface area contributed by atoms with Crippen molar-refractivity contribution < 1.29 is 14.3 Å². The minimum Gasteiger partial charge on any atom is -0.469 e. The van der Waals surface area contributed by atoms with Gasteiger partial charge in [0, 0.05) is 31.6 Å². The number of benzene rings is 1. The molecule has 1 saturated carbocycles. The van der Waals surface area contributed by atoms with Crippen molar-refractivity contribution in [3.8, 4) is 5.69 Å². The van der Waals surface area contributed by atoms with Crippen molar-refractivity contribution in [2.75, 3.05) is 51.4 Å². The van der Waals surface area contributed by atoms with Crippen LogP contribution < -0.4 is 4.90 Å². The van der Waals surface area contributed by atoms with E-state index in [-0.39, 0.29) is 23.5 Å². The third-order valence-electron chi connectivity index (χ3n) is 7.28. The summed E-state index contributed by atoms with van der Waals surface area (Å²) in [6.07, 6.45) is 6.30. The molecule has 2 unspecified atom stereocenters. The van der Waals surface area contributed by atoms with Crippen LogP contribution in [0.1, 0.15) is 19.4 Å². The first-order valence-electron chi connectivity index (χ1n) is 11.3. The number of carbonyl (C=O) groups is 1. The number of esters is 1. The molecule has 2 aromatic heterocycles. The Hall–Kier alpha value is -2.62. The van der Waals surface area contributed by atoms with E-state index >= 15 is 0 Å². The van der Waals surface area contributed by atoms with Gasteiger partial charge < -0.3 is 14.4 Å². The smallest absolute Gasteiger partial charge is 0.310 e. The second-order valence-electron chi connectivity index (χ2n) is 9.49. The predicted molar refractivity (Wildman–Crippen MR) is 124 cm³/mol. The van der Waals surface area contributed by atoms with E-state index in [9.17, 15) is 4.79 Å². The SMILES string of the molecule is COC(=O)C1CC1n1cc(-n2ncc3cc(Cl)c(N4CCN(C5(C)COC5)CC4)cc32)cn1. The number of carbonyl (C=O) groups excluding carboxylic acids is 1. The lowest BCUT2D eigenvalue weighted by Gasteiger charge is -2.50. The molecule has 1 aromatic carbocycles. The molecule has 0 spiro atoms. The van der Waals surface area contributed by atoms with Gasteiger partial charge in [0.15, 0.2) is 0 Å². The molecule has 3 aliphatic rings. The Balaban J connectivity index is 1.24. The van der Waals surface area contributed by atoms with E-state index in [1.807, 2.05) is 27.8 Å². The number of hydrogen-bond acceptors (Lipinski definition) is 7. The summed E-state index contributed by atoms with van der Waals surface area (Å²) >= 11 is 6.70. The molecule has 1 aliphatic carbocycles. The van der Waals surface area contributed by atoms with Gasteiger partial charge in [-0.1, -0.05) is 11.6 Å². The molecule has 2 aliphatic heterocycles. The molecule has 10 heteroatoms. The van der Waals surface area contributed by atoms with Crippen LogP contribution in [-0.2, 0) is 14.3 Å². The van der Waals surface area contributed by atoms with Crippen molar-refractivity contribution in [2.24, 2.45) is 5.92 Å². The van der Waals surface area contributed by atoms with Gasteiger partial charge in [-0.3, -0.25) is 14.4 Å². The number of nitrogens with zero attached hydrogens (tertiary/aromatic N) is 6. The maximum Gasteiger partial charge on any atom is 0.310 e. The average molecular weight is 471 g/mol. The summed E-state index contributed by atoms with van der Waals surface area (Å²) in [5.41, 5.74) is 3.04. The molecule has 2 atom stereocenters. The Labute approximate surface area is 196 Å². The van der Waals surface area contributed by atoms with E-state index in [2.05, 4.69) is 33.0 Å². The van der Waals surface area contributed by atoms with E-state index in [0.29, 0.717) is 0 Å². The van der Waals surface area contributed by atoms with Crippen LogP contribution in [0.5, 0.6) is 0 Å². The molecule has 0 bridgehead atoms. The van der Waals surface area contributed by atoms with Gasteiger partial charge in [-0.25, -0.2) is 4.68 Å². The molecular weight excluding hydrogens is 444 g/mol. The summed E-state index contributed by atoms with van der Waals surface area (Å²) < 4.78 is 14.0. The topological polar surface area (TPSA) is 77.7 Å². The van der Waals surface area contributed by atoms with Crippen molar-refractivity contribution in [3.63, 3.8) is 0 Å². The Morgan fingerprint density at radius 1 is 1.18 bits per heavy atom. The van der Waals surface area contributed by atoms with Crippen LogP contribution in [-0.4, -0.2) is 82.5 Å². The largest absolute Gasteiger partial charge is 0.469 e. The van der Waals surface area contributed by atoms with Gasteiger partial charge in [0.2, 0.25) is 0 Å². The van der Waals surface area contributed by atoms with E-state index < -0.39 is 0 Å². The van der Waals surface area contributed by atoms with E-state index in [4.69, 9.17) is 21.1 Å². The number of anilines is 1. The van der Waals surface area contributed by atoms with Gasteiger partial charge in [-0.15, -0.1) is 0 Å². The minimum absolute atomic E-state index is 0.0530. The van der Waals surface area contributed by atoms with Crippen LogP contribution >= 0.6 is 11.6 Å². The van der Waals surface area contributed by atoms with Crippen molar-refractivity contribution in [3.05, 3.63) is 35.7 Å². The number of ether oxygens (including phenoxy) is 2. The fourth-order valence-electron chi connectivity index (χ4n) is 5.05. The van der Waals surface area contributed by atoms with Crippen LogP contribution in [0.3, 0.4) is 0 Å². The summed E-state index contributed by atoms with van der Waals surface area (Å²) in [5, 5.41) is 10.8. The number of piperazine rings is 1. The van der Waals surface area contributed by atoms with Crippen LogP contribution in [0.2, 0.25) is 5.02 Å². The average Bonchev–Trinajstić information content (AvgIpc) is 3.27. The fraction of sp³-hybridized carbons (Fsp3) is 0.522. The monoisotopic (exact) mass is 470 g/mol. The molecule has 0 radical (unpaired) electrons. The Morgan fingerprint density at radius 3 is 2.67 bits per heavy atom. The number of methoxy groups -OCH3 is 1. The molecular formula is C23H27ClN6O3. The molecule has 0 N–H and O–H groups in total. The Morgan fingerprint density at radius 2 is 1.97 bits per heavy atom. The lowest BCUT2D eigenvalue weighted by molar-refractivity contribution is -0.142. The van der Waals surface area contributed by atoms with Gasteiger partial charge in [0.1, 0.15) is 5.69 Å². The Kier molecular flexibility index (Phi) is 4.90.